The van der Waals surface area contributed by atoms with Crippen molar-refractivity contribution in [1.82, 2.24) is 0 Å². The van der Waals surface area contributed by atoms with Crippen LogP contribution in [-0.4, -0.2) is 46.1 Å². The molecule has 29 heavy (non-hydrogen) atoms. The van der Waals surface area contributed by atoms with Crippen LogP contribution in [0.1, 0.15) is 72.1 Å². The fourth-order valence-corrected chi connectivity index (χ4v) is 7.97. The standard InChI is InChI=1S/C23H34O6/c1-13(25)29-15-6-8-21(2)14(10-15)4-5-16-17-7-9-23(28,19(27)12-24)22(17,3)11-18(26)20(16)21/h14-17,20,24,28H,4-12H2,1-3H3/t14-,15-,16+,17+,20-,21+,22+,23+/m1/s1. The first-order valence-corrected chi connectivity index (χ1v) is 11.1. The van der Waals surface area contributed by atoms with Crippen LogP contribution in [-0.2, 0) is 19.1 Å². The van der Waals surface area contributed by atoms with E-state index in [0.717, 1.165) is 38.5 Å². The van der Waals surface area contributed by atoms with E-state index in [-0.39, 0.29) is 47.4 Å². The average molecular weight is 407 g/mol. The molecule has 0 bridgehead atoms. The Morgan fingerprint density at radius 3 is 2.52 bits per heavy atom. The van der Waals surface area contributed by atoms with E-state index in [2.05, 4.69) is 6.92 Å². The molecule has 8 atom stereocenters. The first-order valence-electron chi connectivity index (χ1n) is 11.1. The van der Waals surface area contributed by atoms with Gasteiger partial charge < -0.3 is 14.9 Å². The van der Waals surface area contributed by atoms with Crippen LogP contribution in [0.4, 0.5) is 0 Å². The predicted octanol–water partition coefficient (Wildman–Crippen LogP) is 2.43. The normalized spacial score (nSPS) is 49.0. The number of ketones is 2. The lowest BCUT2D eigenvalue weighted by atomic mass is 9.44. The summed E-state index contributed by atoms with van der Waals surface area (Å²) in [6, 6.07) is 0. The smallest absolute Gasteiger partial charge is 0.302 e. The van der Waals surface area contributed by atoms with Gasteiger partial charge in [0.1, 0.15) is 24.1 Å². The minimum absolute atomic E-state index is 0.0511. The van der Waals surface area contributed by atoms with E-state index in [9.17, 15) is 24.6 Å². The minimum Gasteiger partial charge on any atom is -0.463 e. The number of rotatable bonds is 3. The van der Waals surface area contributed by atoms with Crippen molar-refractivity contribution in [3.8, 4) is 0 Å². The van der Waals surface area contributed by atoms with Crippen molar-refractivity contribution in [2.24, 2.45) is 34.5 Å². The van der Waals surface area contributed by atoms with E-state index in [1.807, 2.05) is 6.92 Å². The molecule has 0 spiro atoms. The lowest BCUT2D eigenvalue weighted by Gasteiger charge is -2.60. The number of fused-ring (bicyclic) bond motifs is 5. The van der Waals surface area contributed by atoms with Gasteiger partial charge in [-0.05, 0) is 68.1 Å². The second-order valence-electron chi connectivity index (χ2n) is 10.6. The number of aliphatic hydroxyl groups excluding tert-OH is 1. The lowest BCUT2D eigenvalue weighted by molar-refractivity contribution is -0.182. The Bertz CT molecular complexity index is 733. The first kappa shape index (κ1) is 21.0. The van der Waals surface area contributed by atoms with Gasteiger partial charge in [0.2, 0.25) is 0 Å². The molecule has 0 heterocycles. The van der Waals surface area contributed by atoms with Gasteiger partial charge in [-0.15, -0.1) is 0 Å². The summed E-state index contributed by atoms with van der Waals surface area (Å²) in [6.45, 7) is 4.89. The third-order valence-corrected chi connectivity index (χ3v) is 9.40. The Kier molecular flexibility index (Phi) is 4.97. The van der Waals surface area contributed by atoms with Crippen molar-refractivity contribution >= 4 is 17.5 Å². The molecule has 0 amide bonds. The van der Waals surface area contributed by atoms with Crippen LogP contribution < -0.4 is 0 Å². The Labute approximate surface area is 172 Å². The summed E-state index contributed by atoms with van der Waals surface area (Å²) in [5, 5.41) is 20.6. The number of hydrogen-bond acceptors (Lipinski definition) is 6. The maximum absolute atomic E-state index is 13.5. The SMILES string of the molecule is CC(=O)O[C@@H]1CC[C@@]2(C)[C@H](CC[C@@H]3[C@@H]2C(=O)C[C@@]2(C)[C@H]3CC[C@]2(O)C(=O)CO)C1. The summed E-state index contributed by atoms with van der Waals surface area (Å²) in [5.41, 5.74) is -2.50. The van der Waals surface area contributed by atoms with E-state index in [1.165, 1.54) is 6.92 Å². The summed E-state index contributed by atoms with van der Waals surface area (Å²) in [7, 11) is 0. The third-order valence-electron chi connectivity index (χ3n) is 9.40. The molecule has 4 aliphatic carbocycles. The highest BCUT2D eigenvalue weighted by atomic mass is 16.5. The van der Waals surface area contributed by atoms with Crippen LogP contribution in [0.25, 0.3) is 0 Å². The van der Waals surface area contributed by atoms with Crippen LogP contribution in [0.3, 0.4) is 0 Å². The second-order valence-corrected chi connectivity index (χ2v) is 10.6. The molecule has 6 nitrogen and oxygen atoms in total. The maximum Gasteiger partial charge on any atom is 0.302 e. The number of carbonyl (C=O) groups is 3. The zero-order chi connectivity index (χ0) is 21.2. The average Bonchev–Trinajstić information content (AvgIpc) is 2.92. The van der Waals surface area contributed by atoms with Gasteiger partial charge in [0, 0.05) is 24.7 Å². The molecule has 4 fully saturated rings. The van der Waals surface area contributed by atoms with Crippen LogP contribution in [0.5, 0.6) is 0 Å². The largest absolute Gasteiger partial charge is 0.463 e. The summed E-state index contributed by atoms with van der Waals surface area (Å²) < 4.78 is 5.48. The summed E-state index contributed by atoms with van der Waals surface area (Å²) in [4.78, 5) is 37.3. The van der Waals surface area contributed by atoms with Crippen molar-refractivity contribution in [2.75, 3.05) is 6.61 Å². The molecule has 0 aromatic rings. The van der Waals surface area contributed by atoms with Crippen LogP contribution in [0.15, 0.2) is 0 Å². The Morgan fingerprint density at radius 1 is 1.14 bits per heavy atom. The Balaban J connectivity index is 1.62. The van der Waals surface area contributed by atoms with Crippen molar-refractivity contribution in [3.05, 3.63) is 0 Å². The topological polar surface area (TPSA) is 101 Å². The molecule has 4 saturated carbocycles. The van der Waals surface area contributed by atoms with Crippen LogP contribution in [0.2, 0.25) is 0 Å². The summed E-state index contributed by atoms with van der Waals surface area (Å²) >= 11 is 0. The zero-order valence-electron chi connectivity index (χ0n) is 17.8. The fraction of sp³-hybridized carbons (Fsp3) is 0.870. The number of carbonyl (C=O) groups excluding carboxylic acids is 3. The van der Waals surface area contributed by atoms with E-state index in [0.29, 0.717) is 12.3 Å². The highest BCUT2D eigenvalue weighted by Gasteiger charge is 2.68. The molecule has 4 aliphatic rings. The lowest BCUT2D eigenvalue weighted by Crippen LogP contribution is -2.62. The molecule has 0 unspecified atom stereocenters. The minimum atomic E-state index is -1.60. The molecule has 162 valence electrons. The van der Waals surface area contributed by atoms with Gasteiger partial charge in [-0.1, -0.05) is 13.8 Å². The molecule has 0 aromatic heterocycles. The number of esters is 1. The molecular formula is C23H34O6. The Hall–Kier alpha value is -1.27. The van der Waals surface area contributed by atoms with Crippen LogP contribution in [0, 0.1) is 34.5 Å². The number of Topliss-reactive ketones (excluding diaryl/α,β-unsaturated/α-hetero) is 2. The van der Waals surface area contributed by atoms with Crippen molar-refractivity contribution in [2.45, 2.75) is 83.8 Å². The van der Waals surface area contributed by atoms with Crippen molar-refractivity contribution in [3.63, 3.8) is 0 Å². The van der Waals surface area contributed by atoms with Crippen LogP contribution >= 0.6 is 0 Å². The van der Waals surface area contributed by atoms with Gasteiger partial charge in [0.25, 0.3) is 0 Å². The molecule has 0 saturated heterocycles. The van der Waals surface area contributed by atoms with Gasteiger partial charge in [0.05, 0.1) is 0 Å². The third kappa shape index (κ3) is 2.85. The number of aliphatic hydroxyl groups is 2. The summed E-state index contributed by atoms with van der Waals surface area (Å²) in [6.07, 6.45) is 5.59. The van der Waals surface area contributed by atoms with E-state index >= 15 is 0 Å². The van der Waals surface area contributed by atoms with Crippen molar-refractivity contribution < 1.29 is 29.3 Å². The Morgan fingerprint density at radius 2 is 1.86 bits per heavy atom. The maximum atomic E-state index is 13.5. The molecular weight excluding hydrogens is 372 g/mol. The van der Waals surface area contributed by atoms with Crippen molar-refractivity contribution in [1.29, 1.82) is 0 Å². The molecule has 6 heteroatoms. The summed E-state index contributed by atoms with van der Waals surface area (Å²) in [5.74, 6) is -0.0225. The quantitative estimate of drug-likeness (QED) is 0.698. The second kappa shape index (κ2) is 6.88. The van der Waals surface area contributed by atoms with E-state index < -0.39 is 23.4 Å². The highest BCUT2D eigenvalue weighted by Crippen LogP contribution is 2.67. The predicted molar refractivity (Wildman–Crippen MR) is 105 cm³/mol. The molecule has 0 aliphatic heterocycles. The van der Waals surface area contributed by atoms with Gasteiger partial charge in [-0.3, -0.25) is 14.4 Å². The molecule has 4 rings (SSSR count). The van der Waals surface area contributed by atoms with Gasteiger partial charge >= 0.3 is 5.97 Å². The monoisotopic (exact) mass is 406 g/mol. The fourth-order valence-electron chi connectivity index (χ4n) is 7.97. The van der Waals surface area contributed by atoms with E-state index in [1.54, 1.807) is 0 Å². The van der Waals surface area contributed by atoms with E-state index in [4.69, 9.17) is 4.74 Å². The molecule has 0 aromatic carbocycles. The number of ether oxygens (including phenoxy) is 1. The first-order chi connectivity index (χ1) is 13.6. The molecule has 0 radical (unpaired) electrons. The van der Waals surface area contributed by atoms with Gasteiger partial charge in [0.15, 0.2) is 5.78 Å². The number of hydrogen-bond donors (Lipinski definition) is 2. The molecule has 2 N–H and O–H groups in total. The van der Waals surface area contributed by atoms with Gasteiger partial charge in [-0.2, -0.15) is 0 Å². The zero-order valence-corrected chi connectivity index (χ0v) is 17.8. The highest BCUT2D eigenvalue weighted by molar-refractivity contribution is 5.92. The van der Waals surface area contributed by atoms with Gasteiger partial charge in [-0.25, -0.2) is 0 Å².